The smallest absolute Gasteiger partial charge is 0.304 e. The molecule has 0 atom stereocenters. The summed E-state index contributed by atoms with van der Waals surface area (Å²) in [6.07, 6.45) is 2.03. The predicted molar refractivity (Wildman–Crippen MR) is 63.9 cm³/mol. The van der Waals surface area contributed by atoms with Crippen LogP contribution >= 0.6 is 15.9 Å². The minimum atomic E-state index is -0.750. The molecule has 1 aromatic rings. The zero-order valence-corrected chi connectivity index (χ0v) is 10.6. The molecule has 0 saturated heterocycles. The first-order chi connectivity index (χ1) is 7.57. The van der Waals surface area contributed by atoms with Crippen LogP contribution in [0, 0.1) is 0 Å². The second kappa shape index (κ2) is 4.09. The molecule has 2 rings (SSSR count). The molecule has 86 valence electrons. The molecule has 3 nitrogen and oxygen atoms in total. The molecule has 1 aliphatic rings. The van der Waals surface area contributed by atoms with Gasteiger partial charge in [0.25, 0.3) is 0 Å². The van der Waals surface area contributed by atoms with Crippen LogP contribution in [-0.4, -0.2) is 18.2 Å². The van der Waals surface area contributed by atoms with Crippen molar-refractivity contribution in [1.29, 1.82) is 0 Å². The first kappa shape index (κ1) is 11.5. The predicted octanol–water partition coefficient (Wildman–Crippen LogP) is 2.96. The van der Waals surface area contributed by atoms with E-state index >= 15 is 0 Å². The van der Waals surface area contributed by atoms with Crippen LogP contribution in [-0.2, 0) is 10.2 Å². The molecule has 0 radical (unpaired) electrons. The Morgan fingerprint density at radius 1 is 1.56 bits per heavy atom. The third-order valence-corrected chi connectivity index (χ3v) is 3.57. The van der Waals surface area contributed by atoms with Crippen LogP contribution in [0.25, 0.3) is 0 Å². The van der Waals surface area contributed by atoms with E-state index in [1.54, 1.807) is 7.11 Å². The molecule has 0 aliphatic heterocycles. The lowest BCUT2D eigenvalue weighted by Gasteiger charge is -2.17. The van der Waals surface area contributed by atoms with Gasteiger partial charge in [-0.25, -0.2) is 0 Å². The summed E-state index contributed by atoms with van der Waals surface area (Å²) in [5.41, 5.74) is 0.799. The van der Waals surface area contributed by atoms with Crippen LogP contribution in [0.2, 0.25) is 0 Å². The summed E-state index contributed by atoms with van der Waals surface area (Å²) in [6, 6.07) is 5.75. The van der Waals surface area contributed by atoms with Crippen molar-refractivity contribution in [3.63, 3.8) is 0 Å². The highest BCUT2D eigenvalue weighted by Gasteiger charge is 2.47. The lowest BCUT2D eigenvalue weighted by atomic mass is 9.91. The van der Waals surface area contributed by atoms with Crippen molar-refractivity contribution in [2.24, 2.45) is 0 Å². The van der Waals surface area contributed by atoms with Gasteiger partial charge in [-0.3, -0.25) is 4.79 Å². The fourth-order valence-corrected chi connectivity index (χ4v) is 2.44. The normalized spacial score (nSPS) is 16.9. The van der Waals surface area contributed by atoms with Crippen molar-refractivity contribution in [1.82, 2.24) is 0 Å². The maximum Gasteiger partial charge on any atom is 0.304 e. The fraction of sp³-hybridized carbons (Fsp3) is 0.417. The van der Waals surface area contributed by atoms with E-state index in [-0.39, 0.29) is 11.8 Å². The van der Waals surface area contributed by atoms with Gasteiger partial charge in [0.2, 0.25) is 0 Å². The van der Waals surface area contributed by atoms with Crippen LogP contribution in [0.3, 0.4) is 0 Å². The zero-order valence-electron chi connectivity index (χ0n) is 9.00. The van der Waals surface area contributed by atoms with Crippen LogP contribution in [0.5, 0.6) is 5.75 Å². The summed E-state index contributed by atoms with van der Waals surface area (Å²) < 4.78 is 6.25. The van der Waals surface area contributed by atoms with E-state index in [4.69, 9.17) is 9.84 Å². The van der Waals surface area contributed by atoms with Crippen molar-refractivity contribution in [2.75, 3.05) is 7.11 Å². The van der Waals surface area contributed by atoms with Crippen molar-refractivity contribution >= 4 is 21.9 Å². The van der Waals surface area contributed by atoms with Crippen LogP contribution in [0.1, 0.15) is 24.8 Å². The molecular formula is C12H13BrO3. The Hall–Kier alpha value is -1.03. The molecule has 1 saturated carbocycles. The maximum atomic E-state index is 10.9. The molecule has 16 heavy (non-hydrogen) atoms. The minimum Gasteiger partial charge on any atom is -0.496 e. The maximum absolute atomic E-state index is 10.9. The number of ether oxygens (including phenoxy) is 1. The highest BCUT2D eigenvalue weighted by atomic mass is 79.9. The van der Waals surface area contributed by atoms with E-state index in [1.165, 1.54) is 0 Å². The van der Waals surface area contributed by atoms with Crippen molar-refractivity contribution in [3.8, 4) is 5.75 Å². The van der Waals surface area contributed by atoms with Crippen LogP contribution in [0.4, 0.5) is 0 Å². The van der Waals surface area contributed by atoms with Gasteiger partial charge in [0.1, 0.15) is 5.75 Å². The average Bonchev–Trinajstić information content (AvgIpc) is 2.98. The van der Waals surface area contributed by atoms with Gasteiger partial charge in [0.05, 0.1) is 13.5 Å². The van der Waals surface area contributed by atoms with Gasteiger partial charge in [-0.05, 0) is 31.0 Å². The zero-order chi connectivity index (χ0) is 11.8. The Bertz CT molecular complexity index is 424. The number of rotatable bonds is 4. The number of halogens is 1. The van der Waals surface area contributed by atoms with E-state index in [2.05, 4.69) is 15.9 Å². The summed E-state index contributed by atoms with van der Waals surface area (Å²) in [5, 5.41) is 8.93. The number of carbonyl (C=O) groups is 1. The number of benzene rings is 1. The Balaban J connectivity index is 2.38. The van der Waals surface area contributed by atoms with Crippen molar-refractivity contribution in [3.05, 3.63) is 28.2 Å². The van der Waals surface area contributed by atoms with E-state index in [1.807, 2.05) is 18.2 Å². The van der Waals surface area contributed by atoms with Crippen LogP contribution < -0.4 is 4.74 Å². The molecular weight excluding hydrogens is 272 g/mol. The van der Waals surface area contributed by atoms with Gasteiger partial charge in [-0.15, -0.1) is 0 Å². The Kier molecular flexibility index (Phi) is 2.93. The highest BCUT2D eigenvalue weighted by molar-refractivity contribution is 9.10. The number of carboxylic acids is 1. The molecule has 1 fully saturated rings. The van der Waals surface area contributed by atoms with Crippen molar-refractivity contribution < 1.29 is 14.6 Å². The lowest BCUT2D eigenvalue weighted by molar-refractivity contribution is -0.137. The SMILES string of the molecule is COc1ccc(Br)cc1C1(CC(=O)O)CC1. The van der Waals surface area contributed by atoms with Gasteiger partial charge in [0.15, 0.2) is 0 Å². The number of carboxylic acid groups (broad SMARTS) is 1. The highest BCUT2D eigenvalue weighted by Crippen LogP contribution is 2.54. The number of hydrogen-bond acceptors (Lipinski definition) is 2. The van der Waals surface area contributed by atoms with Gasteiger partial charge in [-0.1, -0.05) is 15.9 Å². The molecule has 4 heteroatoms. The second-order valence-electron chi connectivity index (χ2n) is 4.20. The summed E-state index contributed by atoms with van der Waals surface area (Å²) in [4.78, 5) is 10.9. The molecule has 1 N–H and O–H groups in total. The van der Waals surface area contributed by atoms with Crippen LogP contribution in [0.15, 0.2) is 22.7 Å². The van der Waals surface area contributed by atoms with E-state index in [9.17, 15) is 4.79 Å². The molecule has 0 bridgehead atoms. The molecule has 0 unspecified atom stereocenters. The van der Waals surface area contributed by atoms with Gasteiger partial charge >= 0.3 is 5.97 Å². The summed E-state index contributed by atoms with van der Waals surface area (Å²) in [7, 11) is 1.61. The molecule has 0 heterocycles. The quantitative estimate of drug-likeness (QED) is 0.925. The average molecular weight is 285 g/mol. The molecule has 1 aromatic carbocycles. The van der Waals surface area contributed by atoms with Gasteiger partial charge in [-0.2, -0.15) is 0 Å². The number of hydrogen-bond donors (Lipinski definition) is 1. The first-order valence-corrected chi connectivity index (χ1v) is 5.92. The summed E-state index contributed by atoms with van der Waals surface area (Å²) in [6.45, 7) is 0. The van der Waals surface area contributed by atoms with Gasteiger partial charge < -0.3 is 9.84 Å². The topological polar surface area (TPSA) is 46.5 Å². The van der Waals surface area contributed by atoms with E-state index in [0.717, 1.165) is 28.6 Å². The fourth-order valence-electron chi connectivity index (χ4n) is 2.08. The van der Waals surface area contributed by atoms with E-state index in [0.29, 0.717) is 0 Å². The van der Waals surface area contributed by atoms with Crippen molar-refractivity contribution in [2.45, 2.75) is 24.7 Å². The lowest BCUT2D eigenvalue weighted by Crippen LogP contribution is -2.14. The Morgan fingerprint density at radius 3 is 2.75 bits per heavy atom. The summed E-state index contributed by atoms with van der Waals surface area (Å²) in [5.74, 6) is 0.0291. The first-order valence-electron chi connectivity index (χ1n) is 5.13. The monoisotopic (exact) mass is 284 g/mol. The third-order valence-electron chi connectivity index (χ3n) is 3.08. The summed E-state index contributed by atoms with van der Waals surface area (Å²) >= 11 is 3.41. The molecule has 0 aromatic heterocycles. The largest absolute Gasteiger partial charge is 0.496 e. The standard InChI is InChI=1S/C12H13BrO3/c1-16-10-3-2-8(13)6-9(10)12(4-5-12)7-11(14)15/h2-3,6H,4-5,7H2,1H3,(H,14,15). The number of methoxy groups -OCH3 is 1. The third kappa shape index (κ3) is 2.07. The van der Waals surface area contributed by atoms with Gasteiger partial charge in [0, 0.05) is 15.5 Å². The number of aliphatic carboxylic acids is 1. The Morgan fingerprint density at radius 2 is 2.25 bits per heavy atom. The molecule has 0 spiro atoms. The van der Waals surface area contributed by atoms with E-state index < -0.39 is 5.97 Å². The minimum absolute atomic E-state index is 0.180. The Labute approximate surface area is 103 Å². The molecule has 1 aliphatic carbocycles. The second-order valence-corrected chi connectivity index (χ2v) is 5.11. The molecule has 0 amide bonds.